The van der Waals surface area contributed by atoms with Crippen molar-refractivity contribution in [1.82, 2.24) is 10.6 Å². The molecule has 1 aliphatic carbocycles. The van der Waals surface area contributed by atoms with E-state index in [1.165, 1.54) is 25.7 Å². The van der Waals surface area contributed by atoms with Gasteiger partial charge < -0.3 is 15.4 Å². The Morgan fingerprint density at radius 3 is 2.94 bits per heavy atom. The maximum atomic E-state index is 5.32. The number of thioether (sulfide) groups is 1. The first-order valence-electron chi connectivity index (χ1n) is 6.24. The highest BCUT2D eigenvalue weighted by atomic mass is 32.2. The van der Waals surface area contributed by atoms with Crippen molar-refractivity contribution < 1.29 is 4.74 Å². The number of methoxy groups -OCH3 is 1. The minimum absolute atomic E-state index is 0.264. The fraction of sp³-hybridized carbons (Fsp3) is 0.917. The monoisotopic (exact) mass is 276 g/mol. The van der Waals surface area contributed by atoms with E-state index in [-0.39, 0.29) is 6.04 Å². The summed E-state index contributed by atoms with van der Waals surface area (Å²) < 4.78 is 5.08. The highest BCUT2D eigenvalue weighted by Crippen LogP contribution is 2.26. The third-order valence-corrected chi connectivity index (χ3v) is 4.42. The van der Waals surface area contributed by atoms with Gasteiger partial charge in [-0.2, -0.15) is 11.8 Å². The Morgan fingerprint density at radius 2 is 2.29 bits per heavy atom. The second-order valence-electron chi connectivity index (χ2n) is 4.70. The van der Waals surface area contributed by atoms with Crippen molar-refractivity contribution in [3.63, 3.8) is 0 Å². The molecule has 3 unspecified atom stereocenters. The van der Waals surface area contributed by atoms with Gasteiger partial charge in [0.15, 0.2) is 5.11 Å². The van der Waals surface area contributed by atoms with E-state index < -0.39 is 0 Å². The molecular formula is C12H24N2OS2. The van der Waals surface area contributed by atoms with Gasteiger partial charge in [-0.1, -0.05) is 6.42 Å². The molecular weight excluding hydrogens is 252 g/mol. The first-order valence-corrected chi connectivity index (χ1v) is 7.94. The lowest BCUT2D eigenvalue weighted by Crippen LogP contribution is -2.48. The van der Waals surface area contributed by atoms with Crippen LogP contribution < -0.4 is 10.6 Å². The third kappa shape index (κ3) is 5.93. The van der Waals surface area contributed by atoms with Crippen molar-refractivity contribution in [2.45, 2.75) is 49.9 Å². The molecule has 3 atom stereocenters. The van der Waals surface area contributed by atoms with E-state index in [1.807, 2.05) is 11.8 Å². The normalized spacial score (nSPS) is 26.3. The fourth-order valence-electron chi connectivity index (χ4n) is 2.23. The first-order chi connectivity index (χ1) is 8.15. The van der Waals surface area contributed by atoms with Crippen LogP contribution in [0.25, 0.3) is 0 Å². The van der Waals surface area contributed by atoms with E-state index in [0.29, 0.717) is 12.6 Å². The van der Waals surface area contributed by atoms with Crippen molar-refractivity contribution >= 4 is 29.1 Å². The molecule has 5 heteroatoms. The number of hydrogen-bond donors (Lipinski definition) is 2. The molecule has 0 aromatic heterocycles. The minimum atomic E-state index is 0.264. The fourth-order valence-corrected chi connectivity index (χ4v) is 3.43. The Bertz CT molecular complexity index is 239. The van der Waals surface area contributed by atoms with Crippen molar-refractivity contribution in [2.75, 3.05) is 20.0 Å². The van der Waals surface area contributed by atoms with Gasteiger partial charge in [0.2, 0.25) is 0 Å². The average molecular weight is 276 g/mol. The molecule has 0 spiro atoms. The van der Waals surface area contributed by atoms with Crippen LogP contribution in [0, 0.1) is 0 Å². The summed E-state index contributed by atoms with van der Waals surface area (Å²) in [5.74, 6) is 0. The molecule has 0 radical (unpaired) electrons. The zero-order chi connectivity index (χ0) is 12.7. The van der Waals surface area contributed by atoms with Crippen LogP contribution >= 0.6 is 24.0 Å². The van der Waals surface area contributed by atoms with Gasteiger partial charge in [-0.25, -0.2) is 0 Å². The van der Waals surface area contributed by atoms with Crippen LogP contribution in [0.5, 0.6) is 0 Å². The molecule has 0 aromatic rings. The van der Waals surface area contributed by atoms with Crippen LogP contribution in [0.1, 0.15) is 32.6 Å². The predicted molar refractivity (Wildman–Crippen MR) is 79.8 cm³/mol. The lowest BCUT2D eigenvalue weighted by Gasteiger charge is -2.30. The number of ether oxygens (including phenoxy) is 1. The summed E-state index contributed by atoms with van der Waals surface area (Å²) in [5.41, 5.74) is 0. The van der Waals surface area contributed by atoms with Crippen molar-refractivity contribution in [3.05, 3.63) is 0 Å². The quantitative estimate of drug-likeness (QED) is 0.752. The molecule has 0 amide bonds. The van der Waals surface area contributed by atoms with E-state index >= 15 is 0 Å². The molecule has 1 fully saturated rings. The van der Waals surface area contributed by atoms with Gasteiger partial charge in [0.25, 0.3) is 0 Å². The molecule has 2 N–H and O–H groups in total. The molecule has 1 rings (SSSR count). The highest BCUT2D eigenvalue weighted by molar-refractivity contribution is 7.99. The topological polar surface area (TPSA) is 33.3 Å². The van der Waals surface area contributed by atoms with Crippen molar-refractivity contribution in [2.24, 2.45) is 0 Å². The Kier molecular flexibility index (Phi) is 7.23. The summed E-state index contributed by atoms with van der Waals surface area (Å²) in [4.78, 5) is 0. The van der Waals surface area contributed by atoms with Crippen LogP contribution in [0.15, 0.2) is 0 Å². The lowest BCUT2D eigenvalue weighted by molar-refractivity contribution is 0.179. The molecule has 100 valence electrons. The van der Waals surface area contributed by atoms with E-state index in [4.69, 9.17) is 17.0 Å². The number of thiocarbonyl (C=S) groups is 1. The van der Waals surface area contributed by atoms with Crippen LogP contribution in [-0.2, 0) is 4.74 Å². The molecule has 17 heavy (non-hydrogen) atoms. The first kappa shape index (κ1) is 15.1. The van der Waals surface area contributed by atoms with Gasteiger partial charge in [-0.05, 0) is 44.7 Å². The Labute approximate surface area is 114 Å². The van der Waals surface area contributed by atoms with Crippen molar-refractivity contribution in [3.8, 4) is 0 Å². The zero-order valence-corrected chi connectivity index (χ0v) is 12.6. The summed E-state index contributed by atoms with van der Waals surface area (Å²) in [6.45, 7) is 2.75. The molecule has 0 bridgehead atoms. The number of rotatable bonds is 5. The largest absolute Gasteiger partial charge is 0.383 e. The number of nitrogens with one attached hydrogen (secondary N) is 2. The van der Waals surface area contributed by atoms with Crippen LogP contribution in [-0.4, -0.2) is 42.4 Å². The average Bonchev–Trinajstić information content (AvgIpc) is 2.29. The Morgan fingerprint density at radius 1 is 1.53 bits per heavy atom. The second kappa shape index (κ2) is 8.16. The van der Waals surface area contributed by atoms with Gasteiger partial charge in [0.05, 0.1) is 6.61 Å². The standard InChI is InChI=1S/C12H24N2OS2/c1-9(8-15-2)13-12(16)14-10-5-4-6-11(7-10)17-3/h9-11H,4-8H2,1-3H3,(H2,13,14,16). The molecule has 0 heterocycles. The van der Waals surface area contributed by atoms with Crippen molar-refractivity contribution in [1.29, 1.82) is 0 Å². The SMILES string of the molecule is COCC(C)NC(=S)NC1CCCC(SC)C1. The molecule has 1 aliphatic rings. The third-order valence-electron chi connectivity index (χ3n) is 3.09. The van der Waals surface area contributed by atoms with Gasteiger partial charge in [-0.3, -0.25) is 0 Å². The molecule has 0 aliphatic heterocycles. The lowest BCUT2D eigenvalue weighted by atomic mass is 9.95. The van der Waals surface area contributed by atoms with E-state index in [9.17, 15) is 0 Å². The molecule has 0 aromatic carbocycles. The summed E-state index contributed by atoms with van der Waals surface area (Å²) in [6.07, 6.45) is 7.31. The smallest absolute Gasteiger partial charge is 0.166 e. The van der Waals surface area contributed by atoms with E-state index in [0.717, 1.165) is 10.4 Å². The van der Waals surface area contributed by atoms with E-state index in [1.54, 1.807) is 7.11 Å². The zero-order valence-electron chi connectivity index (χ0n) is 11.0. The van der Waals surface area contributed by atoms with Crippen LogP contribution in [0.3, 0.4) is 0 Å². The highest BCUT2D eigenvalue weighted by Gasteiger charge is 2.21. The summed E-state index contributed by atoms with van der Waals surface area (Å²) >= 11 is 7.29. The molecule has 3 nitrogen and oxygen atoms in total. The van der Waals surface area contributed by atoms with Gasteiger partial charge in [-0.15, -0.1) is 0 Å². The Hall–Kier alpha value is 0. The van der Waals surface area contributed by atoms with Gasteiger partial charge in [0, 0.05) is 24.4 Å². The van der Waals surface area contributed by atoms with Crippen LogP contribution in [0.2, 0.25) is 0 Å². The van der Waals surface area contributed by atoms with Crippen LogP contribution in [0.4, 0.5) is 0 Å². The summed E-state index contributed by atoms with van der Waals surface area (Å²) in [7, 11) is 1.71. The van der Waals surface area contributed by atoms with Gasteiger partial charge in [0.1, 0.15) is 0 Å². The summed E-state index contributed by atoms with van der Waals surface area (Å²) in [6, 6.07) is 0.802. The maximum absolute atomic E-state index is 5.32. The Balaban J connectivity index is 2.25. The van der Waals surface area contributed by atoms with E-state index in [2.05, 4.69) is 23.8 Å². The number of hydrogen-bond acceptors (Lipinski definition) is 3. The van der Waals surface area contributed by atoms with Gasteiger partial charge >= 0.3 is 0 Å². The summed E-state index contributed by atoms with van der Waals surface area (Å²) in [5, 5.41) is 8.23. The molecule has 0 saturated heterocycles. The molecule has 1 saturated carbocycles. The second-order valence-corrected chi connectivity index (χ2v) is 6.24. The minimum Gasteiger partial charge on any atom is -0.383 e. The maximum Gasteiger partial charge on any atom is 0.166 e. The predicted octanol–water partition coefficient (Wildman–Crippen LogP) is 2.16.